The maximum absolute atomic E-state index is 13.6. The van der Waals surface area contributed by atoms with Crippen LogP contribution >= 0.6 is 0 Å². The minimum absolute atomic E-state index is 0.0156. The zero-order valence-corrected chi connectivity index (χ0v) is 17.5. The lowest BCUT2D eigenvalue weighted by Crippen LogP contribution is -2.16. The van der Waals surface area contributed by atoms with Gasteiger partial charge in [0.15, 0.2) is 11.3 Å². The zero-order chi connectivity index (χ0) is 21.4. The summed E-state index contributed by atoms with van der Waals surface area (Å²) in [6.07, 6.45) is -0.860. The highest BCUT2D eigenvalue weighted by atomic mass is 16.5. The summed E-state index contributed by atoms with van der Waals surface area (Å²) >= 11 is 0. The normalized spacial score (nSPS) is 20.7. The monoisotopic (exact) mass is 398 g/mol. The van der Waals surface area contributed by atoms with Crippen LogP contribution in [0.1, 0.15) is 61.8 Å². The maximum atomic E-state index is 13.6. The second-order valence-corrected chi connectivity index (χ2v) is 8.30. The van der Waals surface area contributed by atoms with E-state index in [0.717, 1.165) is 5.56 Å². The molecule has 2 heterocycles. The number of hydrogen-bond donors (Lipinski definition) is 3. The lowest BCUT2D eigenvalue weighted by molar-refractivity contribution is 0.169. The molecule has 6 nitrogen and oxygen atoms in total. The average Bonchev–Trinajstić information content (AvgIpc) is 2.95. The molecule has 4 atom stereocenters. The fourth-order valence-electron chi connectivity index (χ4n) is 4.45. The number of phenolic OH excluding ortho intramolecular Hbond substituents is 2. The third-order valence-electron chi connectivity index (χ3n) is 6.55. The molecule has 2 aromatic carbocycles. The lowest BCUT2D eigenvalue weighted by Gasteiger charge is -2.21. The summed E-state index contributed by atoms with van der Waals surface area (Å²) in [5.74, 6) is -0.0320. The standard InChI is InChI=1S/C23H26O6/c1-8(12(5)24)16-10(3)14(25)7-15-18(16)21(27)19-20(26)11(4)17-9(2)13(6)28-22(17)23(19)29-15/h7-9,12-13,24-26H,1-6H3/t8-,9-,12-,13-/m1/s1. The van der Waals surface area contributed by atoms with E-state index in [0.29, 0.717) is 22.4 Å². The molecule has 0 aliphatic carbocycles. The van der Waals surface area contributed by atoms with Gasteiger partial charge in [-0.3, -0.25) is 4.79 Å². The fourth-order valence-corrected chi connectivity index (χ4v) is 4.45. The van der Waals surface area contributed by atoms with Crippen LogP contribution in [-0.4, -0.2) is 27.5 Å². The number of fused-ring (bicyclic) bond motifs is 4. The molecule has 0 bridgehead atoms. The van der Waals surface area contributed by atoms with Crippen molar-refractivity contribution in [2.45, 2.75) is 65.6 Å². The summed E-state index contributed by atoms with van der Waals surface area (Å²) in [4.78, 5) is 13.6. The molecule has 1 aliphatic rings. The van der Waals surface area contributed by atoms with E-state index in [1.165, 1.54) is 6.07 Å². The van der Waals surface area contributed by atoms with Crippen LogP contribution in [0.25, 0.3) is 21.9 Å². The Morgan fingerprint density at radius 3 is 2.34 bits per heavy atom. The first kappa shape index (κ1) is 19.6. The van der Waals surface area contributed by atoms with Crippen molar-refractivity contribution in [1.82, 2.24) is 0 Å². The van der Waals surface area contributed by atoms with Gasteiger partial charge in [-0.2, -0.15) is 0 Å². The molecule has 3 N–H and O–H groups in total. The second kappa shape index (κ2) is 6.39. The molecular formula is C23H26O6. The van der Waals surface area contributed by atoms with Crippen LogP contribution in [0.5, 0.6) is 17.2 Å². The van der Waals surface area contributed by atoms with Crippen LogP contribution in [-0.2, 0) is 0 Å². The van der Waals surface area contributed by atoms with Crippen molar-refractivity contribution in [2.24, 2.45) is 0 Å². The van der Waals surface area contributed by atoms with E-state index in [2.05, 4.69) is 0 Å². The van der Waals surface area contributed by atoms with E-state index in [-0.39, 0.29) is 45.5 Å². The first-order valence-corrected chi connectivity index (χ1v) is 9.89. The second-order valence-electron chi connectivity index (χ2n) is 8.30. The van der Waals surface area contributed by atoms with E-state index in [1.807, 2.05) is 13.8 Å². The molecule has 1 aromatic heterocycles. The lowest BCUT2D eigenvalue weighted by atomic mass is 9.87. The number of aromatic hydroxyl groups is 2. The molecule has 0 unspecified atom stereocenters. The van der Waals surface area contributed by atoms with Crippen LogP contribution in [0, 0.1) is 13.8 Å². The number of aliphatic hydroxyl groups is 1. The minimum atomic E-state index is -0.741. The highest BCUT2D eigenvalue weighted by molar-refractivity contribution is 6.00. The van der Waals surface area contributed by atoms with Crippen molar-refractivity contribution < 1.29 is 24.5 Å². The Kier molecular flexibility index (Phi) is 4.31. The Bertz CT molecular complexity index is 1220. The van der Waals surface area contributed by atoms with Crippen LogP contribution in [0.2, 0.25) is 0 Å². The zero-order valence-electron chi connectivity index (χ0n) is 17.5. The van der Waals surface area contributed by atoms with Crippen molar-refractivity contribution >= 4 is 21.9 Å². The highest BCUT2D eigenvalue weighted by Crippen LogP contribution is 2.49. The van der Waals surface area contributed by atoms with Crippen molar-refractivity contribution in [3.05, 3.63) is 38.5 Å². The molecule has 0 saturated heterocycles. The van der Waals surface area contributed by atoms with Gasteiger partial charge in [-0.25, -0.2) is 0 Å². The molecular weight excluding hydrogens is 372 g/mol. The van der Waals surface area contributed by atoms with Crippen LogP contribution in [0.3, 0.4) is 0 Å². The molecule has 3 aromatic rings. The Morgan fingerprint density at radius 2 is 1.72 bits per heavy atom. The van der Waals surface area contributed by atoms with Gasteiger partial charge in [-0.05, 0) is 44.4 Å². The number of benzene rings is 2. The third-order valence-corrected chi connectivity index (χ3v) is 6.55. The van der Waals surface area contributed by atoms with Gasteiger partial charge in [0.05, 0.1) is 11.5 Å². The summed E-state index contributed by atoms with van der Waals surface area (Å²) in [5, 5.41) is 31.8. The smallest absolute Gasteiger partial charge is 0.204 e. The highest BCUT2D eigenvalue weighted by Gasteiger charge is 2.35. The molecule has 0 amide bonds. The van der Waals surface area contributed by atoms with Gasteiger partial charge in [0.1, 0.15) is 28.6 Å². The van der Waals surface area contributed by atoms with Crippen LogP contribution in [0.4, 0.5) is 0 Å². The molecule has 29 heavy (non-hydrogen) atoms. The van der Waals surface area contributed by atoms with Gasteiger partial charge in [0.2, 0.25) is 5.43 Å². The van der Waals surface area contributed by atoms with Crippen LogP contribution < -0.4 is 10.2 Å². The molecule has 0 spiro atoms. The SMILES string of the molecule is Cc1c(O)cc2oc3c4c(c(C)c(O)c3c(=O)c2c1[C@H](C)[C@@H](C)O)[C@H](C)[C@@H](C)O4. The van der Waals surface area contributed by atoms with E-state index in [1.54, 1.807) is 27.7 Å². The molecule has 4 rings (SSSR count). The van der Waals surface area contributed by atoms with Crippen molar-refractivity contribution in [1.29, 1.82) is 0 Å². The van der Waals surface area contributed by atoms with Gasteiger partial charge < -0.3 is 24.5 Å². The Morgan fingerprint density at radius 1 is 1.07 bits per heavy atom. The van der Waals surface area contributed by atoms with Gasteiger partial charge in [0.25, 0.3) is 0 Å². The number of ether oxygens (including phenoxy) is 1. The summed E-state index contributed by atoms with van der Waals surface area (Å²) in [7, 11) is 0. The van der Waals surface area contributed by atoms with Crippen molar-refractivity contribution in [2.75, 3.05) is 0 Å². The molecule has 1 aliphatic heterocycles. The molecule has 6 heteroatoms. The number of rotatable bonds is 2. The van der Waals surface area contributed by atoms with E-state index >= 15 is 0 Å². The predicted octanol–water partition coefficient (Wildman–Crippen LogP) is 4.34. The predicted molar refractivity (Wildman–Crippen MR) is 111 cm³/mol. The summed E-state index contributed by atoms with van der Waals surface area (Å²) in [6, 6.07) is 1.41. The van der Waals surface area contributed by atoms with Gasteiger partial charge in [-0.1, -0.05) is 13.8 Å². The summed E-state index contributed by atoms with van der Waals surface area (Å²) in [6.45, 7) is 10.8. The Labute approximate surface area is 168 Å². The average molecular weight is 398 g/mol. The Hall–Kier alpha value is -2.73. The first-order valence-electron chi connectivity index (χ1n) is 9.89. The summed E-state index contributed by atoms with van der Waals surface area (Å²) in [5.41, 5.74) is 2.46. The molecule has 0 radical (unpaired) electrons. The minimum Gasteiger partial charge on any atom is -0.508 e. The first-order chi connectivity index (χ1) is 13.6. The largest absolute Gasteiger partial charge is 0.508 e. The molecule has 154 valence electrons. The van der Waals surface area contributed by atoms with E-state index in [4.69, 9.17) is 9.15 Å². The van der Waals surface area contributed by atoms with Crippen molar-refractivity contribution in [3.63, 3.8) is 0 Å². The maximum Gasteiger partial charge on any atom is 0.204 e. The Balaban J connectivity index is 2.24. The van der Waals surface area contributed by atoms with Gasteiger partial charge in [-0.15, -0.1) is 0 Å². The van der Waals surface area contributed by atoms with Gasteiger partial charge in [0, 0.05) is 23.5 Å². The van der Waals surface area contributed by atoms with Crippen molar-refractivity contribution in [3.8, 4) is 17.2 Å². The third kappa shape index (κ3) is 2.55. The molecule has 0 saturated carbocycles. The number of phenols is 2. The van der Waals surface area contributed by atoms with E-state index < -0.39 is 17.5 Å². The fraction of sp³-hybridized carbons (Fsp3) is 0.435. The molecule has 0 fully saturated rings. The van der Waals surface area contributed by atoms with Crippen LogP contribution in [0.15, 0.2) is 15.3 Å². The topological polar surface area (TPSA) is 100 Å². The number of aliphatic hydroxyl groups excluding tert-OH is 1. The number of hydrogen-bond acceptors (Lipinski definition) is 6. The summed E-state index contributed by atoms with van der Waals surface area (Å²) < 4.78 is 12.1. The quantitative estimate of drug-likeness (QED) is 0.555. The van der Waals surface area contributed by atoms with E-state index in [9.17, 15) is 20.1 Å². The van der Waals surface area contributed by atoms with Gasteiger partial charge >= 0.3 is 0 Å².